The highest BCUT2D eigenvalue weighted by Crippen LogP contribution is 2.31. The first kappa shape index (κ1) is 17.0. The largest absolute Gasteiger partial charge is 0.466 e. The highest BCUT2D eigenvalue weighted by molar-refractivity contribution is 6.30. The van der Waals surface area contributed by atoms with Crippen LogP contribution in [-0.2, 0) is 29.0 Å². The molecule has 1 aromatic heterocycles. The van der Waals surface area contributed by atoms with Gasteiger partial charge in [-0.2, -0.15) is 5.10 Å². The molecule has 24 heavy (non-hydrogen) atoms. The van der Waals surface area contributed by atoms with Gasteiger partial charge in [-0.15, -0.1) is 0 Å². The molecule has 128 valence electrons. The van der Waals surface area contributed by atoms with E-state index in [-0.39, 0.29) is 5.97 Å². The van der Waals surface area contributed by atoms with Crippen molar-refractivity contribution in [1.82, 2.24) is 14.7 Å². The van der Waals surface area contributed by atoms with Gasteiger partial charge in [0, 0.05) is 41.4 Å². The first-order valence-electron chi connectivity index (χ1n) is 8.27. The van der Waals surface area contributed by atoms with Crippen molar-refractivity contribution in [3.63, 3.8) is 0 Å². The van der Waals surface area contributed by atoms with Gasteiger partial charge >= 0.3 is 5.97 Å². The summed E-state index contributed by atoms with van der Waals surface area (Å²) in [5, 5.41) is 5.49. The summed E-state index contributed by atoms with van der Waals surface area (Å²) in [4.78, 5) is 14.0. The third kappa shape index (κ3) is 3.62. The molecule has 1 aliphatic heterocycles. The molecule has 0 unspecified atom stereocenters. The summed E-state index contributed by atoms with van der Waals surface area (Å²) in [6, 6.07) is 7.77. The van der Waals surface area contributed by atoms with E-state index < -0.39 is 0 Å². The maximum Gasteiger partial charge on any atom is 0.307 e. The molecular weight excluding hydrogens is 326 g/mol. The Morgan fingerprint density at radius 3 is 3.00 bits per heavy atom. The first-order valence-corrected chi connectivity index (χ1v) is 8.65. The quantitative estimate of drug-likeness (QED) is 0.779. The number of esters is 1. The molecule has 5 nitrogen and oxygen atoms in total. The Bertz CT molecular complexity index is 742. The number of rotatable bonds is 5. The van der Waals surface area contributed by atoms with E-state index >= 15 is 0 Å². The van der Waals surface area contributed by atoms with Gasteiger partial charge in [-0.1, -0.05) is 23.7 Å². The fourth-order valence-electron chi connectivity index (χ4n) is 3.11. The van der Waals surface area contributed by atoms with Gasteiger partial charge in [0.25, 0.3) is 0 Å². The van der Waals surface area contributed by atoms with Crippen molar-refractivity contribution in [3.8, 4) is 11.3 Å². The van der Waals surface area contributed by atoms with Gasteiger partial charge in [-0.25, -0.2) is 0 Å². The Morgan fingerprint density at radius 1 is 1.42 bits per heavy atom. The number of fused-ring (bicyclic) bond motifs is 1. The van der Waals surface area contributed by atoms with Gasteiger partial charge < -0.3 is 9.64 Å². The second-order valence-electron chi connectivity index (χ2n) is 6.05. The Labute approximate surface area is 147 Å². The van der Waals surface area contributed by atoms with Crippen LogP contribution in [-0.4, -0.2) is 40.8 Å². The summed E-state index contributed by atoms with van der Waals surface area (Å²) >= 11 is 6.14. The number of aromatic nitrogens is 2. The first-order chi connectivity index (χ1) is 11.6. The van der Waals surface area contributed by atoms with E-state index in [9.17, 15) is 4.79 Å². The molecule has 2 aromatic rings. The van der Waals surface area contributed by atoms with E-state index in [4.69, 9.17) is 21.4 Å². The SMILES string of the molecule is CCOC(=O)CCn1nc(-c2cccc(Cl)c2)c2c1CCN(C)C2. The summed E-state index contributed by atoms with van der Waals surface area (Å²) in [6.07, 6.45) is 1.27. The van der Waals surface area contributed by atoms with Crippen LogP contribution in [0.25, 0.3) is 11.3 Å². The van der Waals surface area contributed by atoms with Gasteiger partial charge in [-0.3, -0.25) is 9.48 Å². The van der Waals surface area contributed by atoms with Crippen molar-refractivity contribution in [2.24, 2.45) is 0 Å². The van der Waals surface area contributed by atoms with Crippen molar-refractivity contribution in [2.75, 3.05) is 20.2 Å². The molecular formula is C18H22ClN3O2. The number of aryl methyl sites for hydroxylation is 1. The van der Waals surface area contributed by atoms with Crippen LogP contribution in [0, 0.1) is 0 Å². The molecule has 3 rings (SSSR count). The third-order valence-electron chi connectivity index (χ3n) is 4.26. The lowest BCUT2D eigenvalue weighted by Crippen LogP contribution is -2.27. The Morgan fingerprint density at radius 2 is 2.25 bits per heavy atom. The monoisotopic (exact) mass is 347 g/mol. The molecule has 0 amide bonds. The maximum absolute atomic E-state index is 11.7. The average molecular weight is 348 g/mol. The smallest absolute Gasteiger partial charge is 0.307 e. The maximum atomic E-state index is 11.7. The Hall–Kier alpha value is -1.85. The lowest BCUT2D eigenvalue weighted by atomic mass is 10.0. The van der Waals surface area contributed by atoms with Gasteiger partial charge in [0.15, 0.2) is 0 Å². The molecule has 2 heterocycles. The molecule has 0 N–H and O–H groups in total. The summed E-state index contributed by atoms with van der Waals surface area (Å²) in [7, 11) is 2.11. The number of ether oxygens (including phenoxy) is 1. The Kier molecular flexibility index (Phi) is 5.21. The lowest BCUT2D eigenvalue weighted by Gasteiger charge is -2.23. The molecule has 0 saturated carbocycles. The number of likely N-dealkylation sites (N-methyl/N-ethyl adjacent to an activating group) is 1. The van der Waals surface area contributed by atoms with E-state index in [1.165, 1.54) is 11.3 Å². The zero-order chi connectivity index (χ0) is 17.1. The predicted molar refractivity (Wildman–Crippen MR) is 94.0 cm³/mol. The van der Waals surface area contributed by atoms with Crippen LogP contribution < -0.4 is 0 Å². The second kappa shape index (κ2) is 7.36. The van der Waals surface area contributed by atoms with E-state index in [0.717, 1.165) is 30.8 Å². The van der Waals surface area contributed by atoms with E-state index in [1.54, 1.807) is 0 Å². The van der Waals surface area contributed by atoms with Crippen LogP contribution in [0.4, 0.5) is 0 Å². The summed E-state index contributed by atoms with van der Waals surface area (Å²) < 4.78 is 6.99. The number of benzene rings is 1. The van der Waals surface area contributed by atoms with Crippen molar-refractivity contribution < 1.29 is 9.53 Å². The number of halogens is 1. The molecule has 6 heteroatoms. The fourth-order valence-corrected chi connectivity index (χ4v) is 3.30. The van der Waals surface area contributed by atoms with Crippen LogP contribution in [0.15, 0.2) is 24.3 Å². The average Bonchev–Trinajstić information content (AvgIpc) is 2.91. The zero-order valence-electron chi connectivity index (χ0n) is 14.1. The van der Waals surface area contributed by atoms with Gasteiger partial charge in [0.1, 0.15) is 0 Å². The van der Waals surface area contributed by atoms with Crippen molar-refractivity contribution >= 4 is 17.6 Å². The number of hydrogen-bond donors (Lipinski definition) is 0. The van der Waals surface area contributed by atoms with Crippen molar-refractivity contribution in [1.29, 1.82) is 0 Å². The molecule has 0 atom stereocenters. The highest BCUT2D eigenvalue weighted by atomic mass is 35.5. The van der Waals surface area contributed by atoms with E-state index in [1.807, 2.05) is 35.9 Å². The molecule has 1 aromatic carbocycles. The van der Waals surface area contributed by atoms with Crippen LogP contribution in [0.5, 0.6) is 0 Å². The molecule has 0 spiro atoms. The molecule has 0 fully saturated rings. The molecule has 1 aliphatic rings. The third-order valence-corrected chi connectivity index (χ3v) is 4.49. The number of carbonyl (C=O) groups excluding carboxylic acids is 1. The zero-order valence-corrected chi connectivity index (χ0v) is 14.8. The van der Waals surface area contributed by atoms with Gasteiger partial charge in [0.05, 0.1) is 25.3 Å². The summed E-state index contributed by atoms with van der Waals surface area (Å²) in [6.45, 7) is 4.63. The van der Waals surface area contributed by atoms with E-state index in [0.29, 0.717) is 24.6 Å². The number of nitrogens with zero attached hydrogens (tertiary/aromatic N) is 3. The van der Waals surface area contributed by atoms with E-state index in [2.05, 4.69) is 11.9 Å². The van der Waals surface area contributed by atoms with Gasteiger partial charge in [-0.05, 0) is 26.1 Å². The lowest BCUT2D eigenvalue weighted by molar-refractivity contribution is -0.143. The summed E-state index contributed by atoms with van der Waals surface area (Å²) in [5.74, 6) is -0.181. The number of carbonyl (C=O) groups is 1. The molecule has 0 bridgehead atoms. The minimum absolute atomic E-state index is 0.181. The highest BCUT2D eigenvalue weighted by Gasteiger charge is 2.24. The second-order valence-corrected chi connectivity index (χ2v) is 6.49. The van der Waals surface area contributed by atoms with Crippen LogP contribution in [0.1, 0.15) is 24.6 Å². The predicted octanol–water partition coefficient (Wildman–Crippen LogP) is 3.14. The standard InChI is InChI=1S/C18H22ClN3O2/c1-3-24-17(23)8-10-22-16-7-9-21(2)12-15(16)18(20-22)13-5-4-6-14(19)11-13/h4-6,11H,3,7-10,12H2,1-2H3. The minimum Gasteiger partial charge on any atom is -0.466 e. The van der Waals surface area contributed by atoms with Crippen molar-refractivity contribution in [3.05, 3.63) is 40.5 Å². The minimum atomic E-state index is -0.181. The molecule has 0 saturated heterocycles. The van der Waals surface area contributed by atoms with Crippen LogP contribution >= 0.6 is 11.6 Å². The normalized spacial score (nSPS) is 14.5. The van der Waals surface area contributed by atoms with Gasteiger partial charge in [0.2, 0.25) is 0 Å². The van der Waals surface area contributed by atoms with Crippen LogP contribution in [0.3, 0.4) is 0 Å². The Balaban J connectivity index is 1.93. The van der Waals surface area contributed by atoms with Crippen molar-refractivity contribution in [2.45, 2.75) is 32.9 Å². The van der Waals surface area contributed by atoms with Crippen LogP contribution in [0.2, 0.25) is 5.02 Å². The fraction of sp³-hybridized carbons (Fsp3) is 0.444. The topological polar surface area (TPSA) is 47.4 Å². The molecule has 0 aliphatic carbocycles. The number of hydrogen-bond acceptors (Lipinski definition) is 4. The summed E-state index contributed by atoms with van der Waals surface area (Å²) in [5.41, 5.74) is 4.43. The molecule has 0 radical (unpaired) electrons.